The predicted octanol–water partition coefficient (Wildman–Crippen LogP) is 6.11. The van der Waals surface area contributed by atoms with Gasteiger partial charge in [0.1, 0.15) is 0 Å². The molecule has 0 N–H and O–H groups in total. The van der Waals surface area contributed by atoms with Crippen LogP contribution in [0.4, 0.5) is 0 Å². The Bertz CT molecular complexity index is 1410. The first-order chi connectivity index (χ1) is 14.6. The molecule has 2 aliphatic carbocycles. The molecule has 4 aromatic rings. The van der Waals surface area contributed by atoms with Crippen LogP contribution >= 0.6 is 0 Å². The molecule has 0 radical (unpaired) electrons. The van der Waals surface area contributed by atoms with Gasteiger partial charge in [-0.2, -0.15) is 4.57 Å². The zero-order valence-electron chi connectivity index (χ0n) is 17.7. The molecule has 0 fully saturated rings. The fourth-order valence-electron chi connectivity index (χ4n) is 6.66. The van der Waals surface area contributed by atoms with Crippen LogP contribution in [-0.4, -0.2) is 0 Å². The fraction of sp³-hybridized carbons (Fsp3) is 0.207. The maximum absolute atomic E-state index is 2.55. The van der Waals surface area contributed by atoms with Crippen molar-refractivity contribution in [1.82, 2.24) is 0 Å². The van der Waals surface area contributed by atoms with Crippen LogP contribution in [0.3, 0.4) is 0 Å². The highest BCUT2D eigenvalue weighted by atomic mass is 15.1. The van der Waals surface area contributed by atoms with Gasteiger partial charge in [0.05, 0.1) is 11.5 Å². The first-order valence-electron chi connectivity index (χ1n) is 11.0. The predicted molar refractivity (Wildman–Crippen MR) is 121 cm³/mol. The molecular weight excluding hydrogens is 362 g/mol. The van der Waals surface area contributed by atoms with E-state index < -0.39 is 0 Å². The van der Waals surface area contributed by atoms with Crippen molar-refractivity contribution in [3.05, 3.63) is 112 Å². The summed E-state index contributed by atoms with van der Waals surface area (Å²) in [5.74, 6) is 0.323. The molecule has 1 nitrogen and oxygen atoms in total. The quantitative estimate of drug-likeness (QED) is 0.277. The molecule has 3 aromatic carbocycles. The largest absolute Gasteiger partial charge is 0.202 e. The molecule has 1 heteroatoms. The van der Waals surface area contributed by atoms with Crippen LogP contribution in [-0.2, 0) is 12.0 Å². The number of aryl methyl sites for hydroxylation is 1. The number of aromatic nitrogens is 1. The van der Waals surface area contributed by atoms with E-state index in [1.807, 2.05) is 0 Å². The summed E-state index contributed by atoms with van der Waals surface area (Å²) in [5.41, 5.74) is 16.0. The second kappa shape index (κ2) is 5.29. The van der Waals surface area contributed by atoms with Gasteiger partial charge in [0.15, 0.2) is 11.7 Å². The molecule has 30 heavy (non-hydrogen) atoms. The normalized spacial score (nSPS) is 18.3. The summed E-state index contributed by atoms with van der Waals surface area (Å²) in [6.07, 6.45) is 3.34. The minimum Gasteiger partial charge on any atom is -0.192 e. The van der Waals surface area contributed by atoms with Crippen molar-refractivity contribution >= 4 is 0 Å². The number of pyridine rings is 1. The minimum absolute atomic E-state index is 0.0588. The average Bonchev–Trinajstić information content (AvgIpc) is 3.28. The third-order valence-electron chi connectivity index (χ3n) is 7.75. The van der Waals surface area contributed by atoms with E-state index in [0.717, 1.165) is 6.42 Å². The van der Waals surface area contributed by atoms with Crippen molar-refractivity contribution in [2.75, 3.05) is 0 Å². The lowest BCUT2D eigenvalue weighted by Gasteiger charge is -2.34. The van der Waals surface area contributed by atoms with Gasteiger partial charge in [-0.1, -0.05) is 54.6 Å². The van der Waals surface area contributed by atoms with Crippen molar-refractivity contribution < 1.29 is 4.57 Å². The molecule has 0 bridgehead atoms. The zero-order valence-corrected chi connectivity index (χ0v) is 17.7. The van der Waals surface area contributed by atoms with Crippen LogP contribution in [0.5, 0.6) is 0 Å². The molecule has 0 saturated carbocycles. The van der Waals surface area contributed by atoms with Gasteiger partial charge in [-0.15, -0.1) is 0 Å². The van der Waals surface area contributed by atoms with Crippen molar-refractivity contribution in [2.24, 2.45) is 0 Å². The maximum Gasteiger partial charge on any atom is 0.202 e. The van der Waals surface area contributed by atoms with Gasteiger partial charge in [0, 0.05) is 25.5 Å². The minimum atomic E-state index is -0.0588. The summed E-state index contributed by atoms with van der Waals surface area (Å²) in [5, 5.41) is 0. The Kier molecular flexibility index (Phi) is 2.92. The second-order valence-electron chi connectivity index (χ2n) is 9.60. The monoisotopic (exact) mass is 386 g/mol. The Balaban J connectivity index is 1.61. The molecule has 3 aliphatic rings. The van der Waals surface area contributed by atoms with Crippen LogP contribution in [0.1, 0.15) is 58.8 Å². The van der Waals surface area contributed by atoms with E-state index in [9.17, 15) is 0 Å². The molecule has 0 spiro atoms. The van der Waals surface area contributed by atoms with Gasteiger partial charge in [0.2, 0.25) is 5.69 Å². The summed E-state index contributed by atoms with van der Waals surface area (Å²) in [6, 6.07) is 25.1. The molecule has 7 rings (SSSR count). The Morgan fingerprint density at radius 1 is 0.800 bits per heavy atom. The van der Waals surface area contributed by atoms with Crippen molar-refractivity contribution in [2.45, 2.75) is 38.6 Å². The van der Waals surface area contributed by atoms with Gasteiger partial charge in [-0.3, -0.25) is 0 Å². The van der Waals surface area contributed by atoms with Crippen LogP contribution in [0.2, 0.25) is 0 Å². The summed E-state index contributed by atoms with van der Waals surface area (Å²) >= 11 is 0. The first kappa shape index (κ1) is 16.6. The molecule has 1 atom stereocenters. The van der Waals surface area contributed by atoms with E-state index in [4.69, 9.17) is 0 Å². The Labute approximate surface area is 177 Å². The third kappa shape index (κ3) is 1.78. The number of rotatable bonds is 0. The fourth-order valence-corrected chi connectivity index (χ4v) is 6.66. The van der Waals surface area contributed by atoms with Crippen LogP contribution in [0.25, 0.3) is 22.3 Å². The van der Waals surface area contributed by atoms with E-state index in [2.05, 4.69) is 98.3 Å². The number of hydrogen-bond donors (Lipinski definition) is 0. The highest BCUT2D eigenvalue weighted by Crippen LogP contribution is 2.55. The first-order valence-corrected chi connectivity index (χ1v) is 11.0. The van der Waals surface area contributed by atoms with Crippen LogP contribution < -0.4 is 4.57 Å². The van der Waals surface area contributed by atoms with Gasteiger partial charge < -0.3 is 0 Å². The third-order valence-corrected chi connectivity index (χ3v) is 7.75. The van der Waals surface area contributed by atoms with Crippen LogP contribution in [0, 0.1) is 6.92 Å². The topological polar surface area (TPSA) is 3.88 Å². The molecule has 144 valence electrons. The molecule has 1 aliphatic heterocycles. The Morgan fingerprint density at radius 3 is 2.50 bits per heavy atom. The Hall–Kier alpha value is -3.19. The number of hydrogen-bond acceptors (Lipinski definition) is 0. The lowest BCUT2D eigenvalue weighted by Crippen LogP contribution is -2.59. The summed E-state index contributed by atoms with van der Waals surface area (Å²) in [6.45, 7) is 7.02. The summed E-state index contributed by atoms with van der Waals surface area (Å²) in [7, 11) is 0. The van der Waals surface area contributed by atoms with Gasteiger partial charge in [-0.25, -0.2) is 0 Å². The zero-order chi connectivity index (χ0) is 20.2. The molecule has 0 saturated heterocycles. The van der Waals surface area contributed by atoms with E-state index >= 15 is 0 Å². The van der Waals surface area contributed by atoms with Crippen molar-refractivity contribution in [3.63, 3.8) is 0 Å². The smallest absolute Gasteiger partial charge is 0.192 e. The van der Waals surface area contributed by atoms with Crippen molar-refractivity contribution in [1.29, 1.82) is 0 Å². The lowest BCUT2D eigenvalue weighted by atomic mass is 9.74. The molecule has 0 amide bonds. The van der Waals surface area contributed by atoms with E-state index in [0.29, 0.717) is 5.92 Å². The highest BCUT2D eigenvalue weighted by molar-refractivity contribution is 5.88. The second-order valence-corrected chi connectivity index (χ2v) is 9.60. The summed E-state index contributed by atoms with van der Waals surface area (Å²) in [4.78, 5) is 0. The van der Waals surface area contributed by atoms with Gasteiger partial charge >= 0.3 is 0 Å². The molecular formula is C29H24N+. The number of fused-ring (bicyclic) bond motifs is 9. The average molecular weight is 387 g/mol. The van der Waals surface area contributed by atoms with Gasteiger partial charge in [-0.05, 0) is 63.9 Å². The maximum atomic E-state index is 2.55. The molecule has 1 aromatic heterocycles. The SMILES string of the molecule is Cc1cccc2c1C(C)(C)[n+]1cccc3c1C2c1c-3ccc2c1Cc1ccccc1-2. The highest BCUT2D eigenvalue weighted by Gasteiger charge is 2.51. The standard InChI is InChI=1S/C29H24N/c1-17-8-6-11-23-26-25-21(14-13-20-19-10-5-4-9-18(19)16-24(20)25)22-12-7-15-30(28(22)26)29(2,3)27(17)23/h4-15,26H,16H2,1-3H3/q+1. The van der Waals surface area contributed by atoms with E-state index in [1.165, 1.54) is 55.8 Å². The van der Waals surface area contributed by atoms with Crippen molar-refractivity contribution in [3.8, 4) is 22.3 Å². The Morgan fingerprint density at radius 2 is 1.60 bits per heavy atom. The molecule has 1 unspecified atom stereocenters. The lowest BCUT2D eigenvalue weighted by molar-refractivity contribution is -0.755. The van der Waals surface area contributed by atoms with E-state index in [1.54, 1.807) is 5.56 Å². The van der Waals surface area contributed by atoms with Crippen LogP contribution in [0.15, 0.2) is 72.9 Å². The number of nitrogens with zero attached hydrogens (tertiary/aromatic N) is 1. The number of benzene rings is 3. The summed E-state index contributed by atoms with van der Waals surface area (Å²) < 4.78 is 2.55. The van der Waals surface area contributed by atoms with E-state index in [-0.39, 0.29) is 5.54 Å². The van der Waals surface area contributed by atoms with Gasteiger partial charge in [0.25, 0.3) is 0 Å². The molecule has 2 heterocycles.